The first-order valence-corrected chi connectivity index (χ1v) is 8.67. The van der Waals surface area contributed by atoms with Gasteiger partial charge in [-0.05, 0) is 42.5 Å². The van der Waals surface area contributed by atoms with E-state index in [0.29, 0.717) is 21.5 Å². The number of carbonyl (C=O) groups excluding carboxylic acids is 1. The molecule has 9 heteroatoms. The highest BCUT2D eigenvalue weighted by molar-refractivity contribution is 7.71. The zero-order chi connectivity index (χ0) is 18.5. The molecule has 0 aliphatic carbocycles. The molecule has 6 nitrogen and oxygen atoms in total. The van der Waals surface area contributed by atoms with E-state index in [0.717, 1.165) is 0 Å². The van der Waals surface area contributed by atoms with Crippen LogP contribution >= 0.6 is 35.4 Å². The van der Waals surface area contributed by atoms with Gasteiger partial charge in [-0.1, -0.05) is 41.4 Å². The van der Waals surface area contributed by atoms with Crippen LogP contribution in [0.5, 0.6) is 5.75 Å². The SMILES string of the molecule is O=C(Cn1nc(COc2ccccc2)oc1=S)Nc1ccc(Cl)c(Cl)c1. The number of benzene rings is 2. The maximum Gasteiger partial charge on any atom is 0.287 e. The molecule has 1 amide bonds. The summed E-state index contributed by atoms with van der Waals surface area (Å²) >= 11 is 16.9. The molecule has 0 aliphatic heterocycles. The molecule has 0 saturated carbocycles. The average molecular weight is 410 g/mol. The summed E-state index contributed by atoms with van der Waals surface area (Å²) in [5.74, 6) is 0.630. The zero-order valence-electron chi connectivity index (χ0n) is 13.3. The normalized spacial score (nSPS) is 10.5. The van der Waals surface area contributed by atoms with Gasteiger partial charge in [-0.15, -0.1) is 5.10 Å². The van der Waals surface area contributed by atoms with Gasteiger partial charge in [0.2, 0.25) is 5.91 Å². The predicted octanol–water partition coefficient (Wildman–Crippen LogP) is 4.73. The quantitative estimate of drug-likeness (QED) is 0.595. The number of rotatable bonds is 6. The fourth-order valence-electron chi connectivity index (χ4n) is 2.08. The largest absolute Gasteiger partial charge is 0.484 e. The van der Waals surface area contributed by atoms with Crippen molar-refractivity contribution in [1.82, 2.24) is 9.78 Å². The highest BCUT2D eigenvalue weighted by Gasteiger charge is 2.11. The first-order valence-electron chi connectivity index (χ1n) is 7.51. The Balaban J connectivity index is 1.60. The lowest BCUT2D eigenvalue weighted by Crippen LogP contribution is -2.19. The number of aromatic nitrogens is 2. The second kappa shape index (κ2) is 8.35. The monoisotopic (exact) mass is 409 g/mol. The van der Waals surface area contributed by atoms with Crippen LogP contribution in [0.15, 0.2) is 52.9 Å². The summed E-state index contributed by atoms with van der Waals surface area (Å²) < 4.78 is 12.2. The average Bonchev–Trinajstić information content (AvgIpc) is 2.97. The summed E-state index contributed by atoms with van der Waals surface area (Å²) in [5, 5.41) is 7.60. The summed E-state index contributed by atoms with van der Waals surface area (Å²) in [6.45, 7) is 0.00296. The minimum absolute atomic E-state index is 0.0842. The standard InChI is InChI=1S/C17H13Cl2N3O3S/c18-13-7-6-11(8-14(13)19)20-15(23)9-22-17(26)25-16(21-22)10-24-12-4-2-1-3-5-12/h1-8H,9-10H2,(H,20,23). The second-order valence-electron chi connectivity index (χ2n) is 5.20. The molecule has 26 heavy (non-hydrogen) atoms. The highest BCUT2D eigenvalue weighted by Crippen LogP contribution is 2.25. The van der Waals surface area contributed by atoms with Crippen molar-refractivity contribution in [2.45, 2.75) is 13.2 Å². The van der Waals surface area contributed by atoms with Gasteiger partial charge in [-0.3, -0.25) is 4.79 Å². The third kappa shape index (κ3) is 4.85. The van der Waals surface area contributed by atoms with Crippen molar-refractivity contribution in [2.24, 2.45) is 0 Å². The second-order valence-corrected chi connectivity index (χ2v) is 6.36. The Morgan fingerprint density at radius 3 is 2.69 bits per heavy atom. The van der Waals surface area contributed by atoms with E-state index in [-0.39, 0.29) is 29.8 Å². The third-order valence-corrected chi connectivity index (χ3v) is 4.28. The molecule has 1 aromatic heterocycles. The summed E-state index contributed by atoms with van der Waals surface area (Å²) in [6.07, 6.45) is 0. The van der Waals surface area contributed by atoms with Crippen LogP contribution < -0.4 is 10.1 Å². The third-order valence-electron chi connectivity index (χ3n) is 3.25. The summed E-state index contributed by atoms with van der Waals surface area (Å²) in [5.41, 5.74) is 0.520. The number of carbonyl (C=O) groups is 1. The summed E-state index contributed by atoms with van der Waals surface area (Å²) in [4.78, 5) is 12.2. The van der Waals surface area contributed by atoms with Crippen molar-refractivity contribution in [3.8, 4) is 5.75 Å². The van der Waals surface area contributed by atoms with Crippen LogP contribution in [0.25, 0.3) is 0 Å². The molecule has 0 aliphatic rings. The van der Waals surface area contributed by atoms with Crippen molar-refractivity contribution in [2.75, 3.05) is 5.32 Å². The number of hydrogen-bond acceptors (Lipinski definition) is 5. The summed E-state index contributed by atoms with van der Waals surface area (Å²) in [6, 6.07) is 14.0. The topological polar surface area (TPSA) is 69.3 Å². The number of nitrogens with zero attached hydrogens (tertiary/aromatic N) is 2. The Morgan fingerprint density at radius 2 is 1.96 bits per heavy atom. The van der Waals surface area contributed by atoms with Crippen LogP contribution in [0.4, 0.5) is 5.69 Å². The molecule has 2 aromatic carbocycles. The fraction of sp³-hybridized carbons (Fsp3) is 0.118. The summed E-state index contributed by atoms with van der Waals surface area (Å²) in [7, 11) is 0. The molecule has 0 fully saturated rings. The van der Waals surface area contributed by atoms with Gasteiger partial charge in [0.05, 0.1) is 10.0 Å². The first-order chi connectivity index (χ1) is 12.5. The van der Waals surface area contributed by atoms with E-state index in [1.807, 2.05) is 30.3 Å². The molecule has 3 rings (SSSR count). The molecule has 3 aromatic rings. The van der Waals surface area contributed by atoms with E-state index in [4.69, 9.17) is 44.6 Å². The lowest BCUT2D eigenvalue weighted by molar-refractivity contribution is -0.117. The first kappa shape index (κ1) is 18.4. The van der Waals surface area contributed by atoms with Crippen molar-refractivity contribution >= 4 is 47.0 Å². The van der Waals surface area contributed by atoms with Gasteiger partial charge in [0.25, 0.3) is 10.7 Å². The van der Waals surface area contributed by atoms with Crippen molar-refractivity contribution < 1.29 is 13.9 Å². The number of nitrogens with one attached hydrogen (secondary N) is 1. The van der Waals surface area contributed by atoms with Gasteiger partial charge >= 0.3 is 0 Å². The Hall–Kier alpha value is -2.35. The van der Waals surface area contributed by atoms with Crippen molar-refractivity contribution in [1.29, 1.82) is 0 Å². The maximum absolute atomic E-state index is 12.2. The highest BCUT2D eigenvalue weighted by atomic mass is 35.5. The number of para-hydroxylation sites is 1. The number of hydrogen-bond donors (Lipinski definition) is 1. The number of amides is 1. The minimum Gasteiger partial charge on any atom is -0.484 e. The molecule has 0 atom stereocenters. The Kier molecular flexibility index (Phi) is 5.92. The van der Waals surface area contributed by atoms with Gasteiger partial charge in [0.15, 0.2) is 6.61 Å². The van der Waals surface area contributed by atoms with E-state index >= 15 is 0 Å². The minimum atomic E-state index is -0.330. The molecule has 0 saturated heterocycles. The van der Waals surface area contributed by atoms with Crippen LogP contribution in [-0.4, -0.2) is 15.7 Å². The number of ether oxygens (including phenoxy) is 1. The van der Waals surface area contributed by atoms with Gasteiger partial charge in [0, 0.05) is 5.69 Å². The van der Waals surface area contributed by atoms with E-state index in [9.17, 15) is 4.79 Å². The van der Waals surface area contributed by atoms with Gasteiger partial charge in [-0.2, -0.15) is 0 Å². The molecule has 134 valence electrons. The molecular formula is C17H13Cl2N3O3S. The van der Waals surface area contributed by atoms with E-state index < -0.39 is 0 Å². The fourth-order valence-corrected chi connectivity index (χ4v) is 2.58. The molecule has 0 unspecified atom stereocenters. The Bertz CT molecular complexity index is 973. The lowest BCUT2D eigenvalue weighted by Gasteiger charge is -2.06. The zero-order valence-corrected chi connectivity index (χ0v) is 15.6. The Morgan fingerprint density at radius 1 is 1.19 bits per heavy atom. The molecule has 1 N–H and O–H groups in total. The molecule has 1 heterocycles. The molecule has 0 spiro atoms. The van der Waals surface area contributed by atoms with Crippen LogP contribution in [0.3, 0.4) is 0 Å². The maximum atomic E-state index is 12.2. The van der Waals surface area contributed by atoms with Crippen LogP contribution in [0.2, 0.25) is 10.0 Å². The molecule has 0 radical (unpaired) electrons. The predicted molar refractivity (Wildman–Crippen MR) is 101 cm³/mol. The molecule has 0 bridgehead atoms. The van der Waals surface area contributed by atoms with Gasteiger partial charge in [-0.25, -0.2) is 4.68 Å². The Labute approximate surface area is 164 Å². The number of anilines is 1. The van der Waals surface area contributed by atoms with Crippen LogP contribution in [0.1, 0.15) is 5.89 Å². The smallest absolute Gasteiger partial charge is 0.287 e. The van der Waals surface area contributed by atoms with Crippen molar-refractivity contribution in [3.63, 3.8) is 0 Å². The van der Waals surface area contributed by atoms with E-state index in [1.54, 1.807) is 18.2 Å². The van der Waals surface area contributed by atoms with Gasteiger partial charge < -0.3 is 14.5 Å². The van der Waals surface area contributed by atoms with Gasteiger partial charge in [0.1, 0.15) is 12.3 Å². The van der Waals surface area contributed by atoms with Crippen LogP contribution in [0, 0.1) is 4.84 Å². The van der Waals surface area contributed by atoms with E-state index in [1.165, 1.54) is 4.68 Å². The lowest BCUT2D eigenvalue weighted by atomic mass is 10.3. The van der Waals surface area contributed by atoms with Crippen molar-refractivity contribution in [3.05, 3.63) is 69.3 Å². The number of halogens is 2. The molecular weight excluding hydrogens is 397 g/mol. The van der Waals surface area contributed by atoms with Crippen LogP contribution in [-0.2, 0) is 17.9 Å². The van der Waals surface area contributed by atoms with E-state index in [2.05, 4.69) is 10.4 Å².